The molecule has 2 fully saturated rings. The lowest BCUT2D eigenvalue weighted by molar-refractivity contribution is -0.127. The molecule has 0 radical (unpaired) electrons. The normalized spacial score (nSPS) is 29.6. The summed E-state index contributed by atoms with van der Waals surface area (Å²) in [4.78, 5) is 12.4. The van der Waals surface area contributed by atoms with Crippen molar-refractivity contribution in [2.24, 2.45) is 11.8 Å². The molecule has 1 saturated heterocycles. The highest BCUT2D eigenvalue weighted by molar-refractivity contribution is 5.79. The summed E-state index contributed by atoms with van der Waals surface area (Å²) in [6.45, 7) is 5.40. The third kappa shape index (κ3) is 4.20. The van der Waals surface area contributed by atoms with E-state index in [1.54, 1.807) is 0 Å². The van der Waals surface area contributed by atoms with Crippen LogP contribution >= 0.6 is 0 Å². The molecule has 1 aliphatic heterocycles. The van der Waals surface area contributed by atoms with Gasteiger partial charge in [-0.25, -0.2) is 0 Å². The second-order valence-electron chi connectivity index (χ2n) is 6.52. The van der Waals surface area contributed by atoms with E-state index in [4.69, 9.17) is 0 Å². The number of carbonyl (C=O) groups excluding carboxylic acids is 1. The molecular weight excluding hydrogens is 236 g/mol. The second kappa shape index (κ2) is 7.28. The van der Waals surface area contributed by atoms with Crippen LogP contribution in [0.4, 0.5) is 0 Å². The van der Waals surface area contributed by atoms with Gasteiger partial charge in [-0.05, 0) is 51.5 Å². The molecule has 110 valence electrons. The second-order valence-corrected chi connectivity index (χ2v) is 6.52. The van der Waals surface area contributed by atoms with Crippen LogP contribution in [0.1, 0.15) is 65.2 Å². The molecular formula is C16H30N2O. The molecule has 1 amide bonds. The Morgan fingerprint density at radius 1 is 1.37 bits per heavy atom. The van der Waals surface area contributed by atoms with Gasteiger partial charge in [-0.1, -0.05) is 26.2 Å². The van der Waals surface area contributed by atoms with E-state index in [0.717, 1.165) is 25.3 Å². The van der Waals surface area contributed by atoms with Gasteiger partial charge < -0.3 is 10.6 Å². The molecule has 3 nitrogen and oxygen atoms in total. The number of rotatable bonds is 6. The monoisotopic (exact) mass is 266 g/mol. The maximum atomic E-state index is 12.4. The van der Waals surface area contributed by atoms with Crippen LogP contribution in [0.2, 0.25) is 0 Å². The van der Waals surface area contributed by atoms with E-state index in [1.807, 2.05) is 0 Å². The zero-order valence-corrected chi connectivity index (χ0v) is 12.6. The van der Waals surface area contributed by atoms with Gasteiger partial charge in [-0.3, -0.25) is 4.79 Å². The van der Waals surface area contributed by atoms with Crippen molar-refractivity contribution in [1.82, 2.24) is 10.6 Å². The van der Waals surface area contributed by atoms with Crippen molar-refractivity contribution in [3.05, 3.63) is 0 Å². The van der Waals surface area contributed by atoms with E-state index in [0.29, 0.717) is 18.0 Å². The van der Waals surface area contributed by atoms with Gasteiger partial charge in [0.25, 0.3) is 0 Å². The lowest BCUT2D eigenvalue weighted by Crippen LogP contribution is -2.48. The molecule has 2 rings (SSSR count). The van der Waals surface area contributed by atoms with Crippen LogP contribution in [0.5, 0.6) is 0 Å². The van der Waals surface area contributed by atoms with Crippen molar-refractivity contribution in [3.8, 4) is 0 Å². The maximum absolute atomic E-state index is 12.4. The molecule has 0 aromatic carbocycles. The predicted molar refractivity (Wildman–Crippen MR) is 79.0 cm³/mol. The Morgan fingerprint density at radius 3 is 2.74 bits per heavy atom. The van der Waals surface area contributed by atoms with E-state index < -0.39 is 0 Å². The molecule has 1 aliphatic carbocycles. The first-order valence-corrected chi connectivity index (χ1v) is 8.24. The molecule has 3 atom stereocenters. The molecule has 1 unspecified atom stereocenters. The van der Waals surface area contributed by atoms with Crippen LogP contribution in [0.15, 0.2) is 0 Å². The smallest absolute Gasteiger partial charge is 0.223 e. The van der Waals surface area contributed by atoms with Crippen LogP contribution in [0.3, 0.4) is 0 Å². The Labute approximate surface area is 117 Å². The minimum absolute atomic E-state index is 0.237. The zero-order chi connectivity index (χ0) is 13.7. The Morgan fingerprint density at radius 2 is 2.16 bits per heavy atom. The van der Waals surface area contributed by atoms with Crippen LogP contribution in [-0.4, -0.2) is 24.5 Å². The van der Waals surface area contributed by atoms with E-state index in [9.17, 15) is 4.79 Å². The highest BCUT2D eigenvalue weighted by Gasteiger charge is 2.31. The van der Waals surface area contributed by atoms with E-state index in [1.165, 1.54) is 38.5 Å². The van der Waals surface area contributed by atoms with Crippen molar-refractivity contribution in [2.45, 2.75) is 77.3 Å². The van der Waals surface area contributed by atoms with Crippen molar-refractivity contribution in [3.63, 3.8) is 0 Å². The summed E-state index contributed by atoms with van der Waals surface area (Å²) in [6, 6.07) is 0.939. The molecule has 2 N–H and O–H groups in total. The lowest BCUT2D eigenvalue weighted by Gasteiger charge is -2.36. The van der Waals surface area contributed by atoms with Crippen LogP contribution in [0.25, 0.3) is 0 Å². The summed E-state index contributed by atoms with van der Waals surface area (Å²) < 4.78 is 0. The number of carbonyl (C=O) groups is 1. The lowest BCUT2D eigenvalue weighted by atomic mass is 9.77. The highest BCUT2D eigenvalue weighted by atomic mass is 16.1. The van der Waals surface area contributed by atoms with Crippen molar-refractivity contribution < 1.29 is 4.79 Å². The minimum atomic E-state index is 0.237. The third-order valence-corrected chi connectivity index (χ3v) is 4.91. The fourth-order valence-corrected chi connectivity index (χ4v) is 3.36. The SMILES string of the molecule is CCCCC(NC(=O)[C@H]1CCN[C@@H](C)C1)C1CCC1. The standard InChI is InChI=1S/C16H30N2O/c1-3-4-8-15(13-6-5-7-13)18-16(19)14-9-10-17-12(2)11-14/h12-15,17H,3-11H2,1-2H3,(H,18,19)/t12-,14-,15?/m0/s1. The quantitative estimate of drug-likeness (QED) is 0.776. The number of unbranched alkanes of at least 4 members (excludes halogenated alkanes) is 1. The molecule has 0 aromatic rings. The first-order chi connectivity index (χ1) is 9.20. The fraction of sp³-hybridized carbons (Fsp3) is 0.938. The van der Waals surface area contributed by atoms with Gasteiger partial charge in [-0.15, -0.1) is 0 Å². The largest absolute Gasteiger partial charge is 0.353 e. The Kier molecular flexibility index (Phi) is 5.68. The van der Waals surface area contributed by atoms with E-state index in [2.05, 4.69) is 24.5 Å². The third-order valence-electron chi connectivity index (χ3n) is 4.91. The molecule has 3 heteroatoms. The Bertz CT molecular complexity index is 288. The average Bonchev–Trinajstić information content (AvgIpc) is 2.33. The fourth-order valence-electron chi connectivity index (χ4n) is 3.36. The minimum Gasteiger partial charge on any atom is -0.353 e. The van der Waals surface area contributed by atoms with Gasteiger partial charge in [0.15, 0.2) is 0 Å². The number of hydrogen-bond donors (Lipinski definition) is 2. The first kappa shape index (κ1) is 14.8. The van der Waals surface area contributed by atoms with Gasteiger partial charge in [0.1, 0.15) is 0 Å². The first-order valence-electron chi connectivity index (χ1n) is 8.24. The number of piperidine rings is 1. The van der Waals surface area contributed by atoms with Crippen LogP contribution in [0, 0.1) is 11.8 Å². The maximum Gasteiger partial charge on any atom is 0.223 e. The molecule has 0 aromatic heterocycles. The highest BCUT2D eigenvalue weighted by Crippen LogP contribution is 2.32. The van der Waals surface area contributed by atoms with E-state index >= 15 is 0 Å². The number of hydrogen-bond acceptors (Lipinski definition) is 2. The topological polar surface area (TPSA) is 41.1 Å². The van der Waals surface area contributed by atoms with Crippen LogP contribution < -0.4 is 10.6 Å². The van der Waals surface area contributed by atoms with Crippen molar-refractivity contribution >= 4 is 5.91 Å². The van der Waals surface area contributed by atoms with Gasteiger partial charge in [-0.2, -0.15) is 0 Å². The predicted octanol–water partition coefficient (Wildman–Crippen LogP) is 2.85. The number of nitrogens with one attached hydrogen (secondary N) is 2. The summed E-state index contributed by atoms with van der Waals surface area (Å²) in [6.07, 6.45) is 9.63. The molecule has 2 aliphatic rings. The van der Waals surface area contributed by atoms with Crippen molar-refractivity contribution in [1.29, 1.82) is 0 Å². The molecule has 1 saturated carbocycles. The summed E-state index contributed by atoms with van der Waals surface area (Å²) in [5, 5.41) is 6.80. The van der Waals surface area contributed by atoms with Gasteiger partial charge in [0, 0.05) is 18.0 Å². The molecule has 19 heavy (non-hydrogen) atoms. The van der Waals surface area contributed by atoms with Crippen molar-refractivity contribution in [2.75, 3.05) is 6.54 Å². The summed E-state index contributed by atoms with van der Waals surface area (Å²) >= 11 is 0. The van der Waals surface area contributed by atoms with Gasteiger partial charge >= 0.3 is 0 Å². The summed E-state index contributed by atoms with van der Waals surface area (Å²) in [7, 11) is 0. The van der Waals surface area contributed by atoms with Crippen LogP contribution in [-0.2, 0) is 4.79 Å². The summed E-state index contributed by atoms with van der Waals surface area (Å²) in [5.74, 6) is 1.32. The molecule has 0 spiro atoms. The average molecular weight is 266 g/mol. The summed E-state index contributed by atoms with van der Waals surface area (Å²) in [5.41, 5.74) is 0. The molecule has 1 heterocycles. The zero-order valence-electron chi connectivity index (χ0n) is 12.6. The Hall–Kier alpha value is -0.570. The Balaban J connectivity index is 1.82. The molecule has 0 bridgehead atoms. The number of amides is 1. The van der Waals surface area contributed by atoms with Gasteiger partial charge in [0.2, 0.25) is 5.91 Å². The van der Waals surface area contributed by atoms with Gasteiger partial charge in [0.05, 0.1) is 0 Å². The van der Waals surface area contributed by atoms with E-state index in [-0.39, 0.29) is 5.92 Å².